The Kier molecular flexibility index (Phi) is 4.84. The van der Waals surface area contributed by atoms with Crippen LogP contribution in [0.25, 0.3) is 21.9 Å². The van der Waals surface area contributed by atoms with Crippen molar-refractivity contribution in [2.24, 2.45) is 7.05 Å². The quantitative estimate of drug-likeness (QED) is 0.347. The van der Waals surface area contributed by atoms with Gasteiger partial charge in [-0.2, -0.15) is 0 Å². The van der Waals surface area contributed by atoms with E-state index >= 15 is 0 Å². The maximum Gasteiger partial charge on any atom is 0.219 e. The topological polar surface area (TPSA) is 78.0 Å². The van der Waals surface area contributed by atoms with Crippen LogP contribution in [0.3, 0.4) is 0 Å². The first kappa shape index (κ1) is 19.2. The third-order valence-electron chi connectivity index (χ3n) is 5.13. The summed E-state index contributed by atoms with van der Waals surface area (Å²) in [6.45, 7) is 0.641. The zero-order chi connectivity index (χ0) is 21.4. The van der Waals surface area contributed by atoms with E-state index in [1.54, 1.807) is 0 Å². The Morgan fingerprint density at radius 1 is 0.935 bits per heavy atom. The molecule has 154 valence electrons. The first-order valence-corrected chi connectivity index (χ1v) is 10.2. The molecular formula is C24H20ClN5O. The Balaban J connectivity index is 1.27. The number of ether oxygens (including phenoxy) is 1. The minimum absolute atomic E-state index is 0.541. The number of hydrogen-bond donors (Lipinski definition) is 2. The van der Waals surface area contributed by atoms with Crippen LogP contribution in [0.4, 0.5) is 11.6 Å². The molecule has 0 radical (unpaired) electrons. The fraction of sp³-hybridized carbons (Fsp3) is 0.0833. The van der Waals surface area contributed by atoms with Gasteiger partial charge in [0.2, 0.25) is 11.8 Å². The van der Waals surface area contributed by atoms with Gasteiger partial charge in [0.25, 0.3) is 0 Å². The molecule has 0 unspecified atom stereocenters. The predicted octanol–water partition coefficient (Wildman–Crippen LogP) is 5.76. The number of nitrogens with two attached hydrogens (primary N) is 1. The molecular weight excluding hydrogens is 410 g/mol. The number of rotatable bonds is 5. The fourth-order valence-corrected chi connectivity index (χ4v) is 3.66. The maximum absolute atomic E-state index is 6.03. The third-order valence-corrected chi connectivity index (χ3v) is 5.36. The van der Waals surface area contributed by atoms with Crippen LogP contribution in [-0.4, -0.2) is 14.5 Å². The highest BCUT2D eigenvalue weighted by atomic mass is 35.5. The average Bonchev–Trinajstić information content (AvgIpc) is 3.08. The molecule has 0 fully saturated rings. The summed E-state index contributed by atoms with van der Waals surface area (Å²) < 4.78 is 7.91. The number of fused-ring (bicyclic) bond motifs is 2. The Hall–Kier alpha value is -3.77. The van der Waals surface area contributed by atoms with Crippen LogP contribution in [-0.2, 0) is 13.6 Å². The number of pyridine rings is 1. The molecule has 0 aliphatic rings. The second-order valence-corrected chi connectivity index (χ2v) is 7.77. The highest BCUT2D eigenvalue weighted by molar-refractivity contribution is 6.31. The fourth-order valence-electron chi connectivity index (χ4n) is 3.48. The number of aryl methyl sites for hydroxylation is 1. The molecule has 0 saturated carbocycles. The highest BCUT2D eigenvalue weighted by Gasteiger charge is 2.08. The lowest BCUT2D eigenvalue weighted by Crippen LogP contribution is -2.04. The summed E-state index contributed by atoms with van der Waals surface area (Å²) in [7, 11) is 1.97. The van der Waals surface area contributed by atoms with Crippen LogP contribution in [0, 0.1) is 0 Å². The highest BCUT2D eigenvalue weighted by Crippen LogP contribution is 2.25. The zero-order valence-corrected chi connectivity index (χ0v) is 17.6. The molecule has 0 saturated heterocycles. The molecule has 3 aromatic carbocycles. The normalized spacial score (nSPS) is 11.2. The summed E-state index contributed by atoms with van der Waals surface area (Å²) in [5.41, 5.74) is 10.5. The SMILES string of the molecule is Cn1c(NCc2ccc(Oc3ccc4cc(Cl)ccc4n3)cc2)nc2ccc(N)cc21. The van der Waals surface area contributed by atoms with Crippen molar-refractivity contribution < 1.29 is 4.74 Å². The van der Waals surface area contributed by atoms with Crippen molar-refractivity contribution in [3.63, 3.8) is 0 Å². The van der Waals surface area contributed by atoms with Crippen LogP contribution in [0.15, 0.2) is 72.8 Å². The molecule has 2 heterocycles. The number of imidazole rings is 1. The number of benzene rings is 3. The molecule has 0 spiro atoms. The summed E-state index contributed by atoms with van der Waals surface area (Å²) in [6, 6.07) is 23.0. The second-order valence-electron chi connectivity index (χ2n) is 7.33. The Bertz CT molecular complexity index is 1400. The van der Waals surface area contributed by atoms with E-state index in [0.717, 1.165) is 44.9 Å². The van der Waals surface area contributed by atoms with Gasteiger partial charge in [0.05, 0.1) is 16.6 Å². The van der Waals surface area contributed by atoms with Gasteiger partial charge in [0.15, 0.2) is 0 Å². The Morgan fingerprint density at radius 3 is 2.58 bits per heavy atom. The Labute approximate surface area is 184 Å². The number of halogens is 1. The minimum Gasteiger partial charge on any atom is -0.439 e. The summed E-state index contributed by atoms with van der Waals surface area (Å²) in [6.07, 6.45) is 0. The van der Waals surface area contributed by atoms with Crippen molar-refractivity contribution >= 4 is 45.2 Å². The van der Waals surface area contributed by atoms with Crippen molar-refractivity contribution in [2.75, 3.05) is 11.1 Å². The number of nitrogens with one attached hydrogen (secondary N) is 1. The molecule has 0 aliphatic heterocycles. The van der Waals surface area contributed by atoms with E-state index in [1.807, 2.05) is 84.4 Å². The third kappa shape index (κ3) is 3.98. The van der Waals surface area contributed by atoms with Gasteiger partial charge in [-0.15, -0.1) is 0 Å². The molecule has 2 aromatic heterocycles. The standard InChI is InChI=1S/C24H20ClN5O/c1-30-22-13-18(26)6-10-21(22)29-24(30)27-14-15-2-7-19(8-3-15)31-23-11-4-16-12-17(25)5-9-20(16)28-23/h2-13H,14,26H2,1H3,(H,27,29). The smallest absolute Gasteiger partial charge is 0.219 e. The van der Waals surface area contributed by atoms with Gasteiger partial charge in [-0.1, -0.05) is 23.7 Å². The van der Waals surface area contributed by atoms with Crippen molar-refractivity contribution in [1.29, 1.82) is 0 Å². The van der Waals surface area contributed by atoms with Crippen LogP contribution >= 0.6 is 11.6 Å². The van der Waals surface area contributed by atoms with Gasteiger partial charge < -0.3 is 20.4 Å². The van der Waals surface area contributed by atoms with E-state index in [1.165, 1.54) is 0 Å². The molecule has 5 rings (SSSR count). The molecule has 3 N–H and O–H groups in total. The first-order chi connectivity index (χ1) is 15.0. The molecule has 0 bridgehead atoms. The van der Waals surface area contributed by atoms with Crippen LogP contribution in [0.5, 0.6) is 11.6 Å². The lowest BCUT2D eigenvalue weighted by atomic mass is 10.2. The second kappa shape index (κ2) is 7.81. The van der Waals surface area contributed by atoms with Gasteiger partial charge in [-0.25, -0.2) is 9.97 Å². The van der Waals surface area contributed by atoms with E-state index in [9.17, 15) is 0 Å². The van der Waals surface area contributed by atoms with Gasteiger partial charge in [0, 0.05) is 35.8 Å². The van der Waals surface area contributed by atoms with Crippen LogP contribution in [0.1, 0.15) is 5.56 Å². The molecule has 31 heavy (non-hydrogen) atoms. The number of aromatic nitrogens is 3. The summed E-state index contributed by atoms with van der Waals surface area (Å²) in [5, 5.41) is 5.05. The predicted molar refractivity (Wildman–Crippen MR) is 126 cm³/mol. The van der Waals surface area contributed by atoms with Crippen LogP contribution < -0.4 is 15.8 Å². The van der Waals surface area contributed by atoms with E-state index in [-0.39, 0.29) is 0 Å². The van der Waals surface area contributed by atoms with E-state index < -0.39 is 0 Å². The van der Waals surface area contributed by atoms with Crippen molar-refractivity contribution in [1.82, 2.24) is 14.5 Å². The molecule has 0 atom stereocenters. The minimum atomic E-state index is 0.541. The van der Waals surface area contributed by atoms with Gasteiger partial charge >= 0.3 is 0 Å². The van der Waals surface area contributed by atoms with Gasteiger partial charge in [-0.3, -0.25) is 0 Å². The number of nitrogen functional groups attached to an aromatic ring is 1. The van der Waals surface area contributed by atoms with E-state index in [2.05, 4.69) is 15.3 Å². The monoisotopic (exact) mass is 429 g/mol. The molecule has 0 amide bonds. The van der Waals surface area contributed by atoms with Crippen LogP contribution in [0.2, 0.25) is 5.02 Å². The summed E-state index contributed by atoms with van der Waals surface area (Å²) in [5.74, 6) is 2.06. The number of anilines is 2. The van der Waals surface area contributed by atoms with Gasteiger partial charge in [0.1, 0.15) is 5.75 Å². The lowest BCUT2D eigenvalue weighted by molar-refractivity contribution is 0.465. The van der Waals surface area contributed by atoms with Crippen molar-refractivity contribution in [3.05, 3.63) is 83.4 Å². The number of nitrogens with zero attached hydrogens (tertiary/aromatic N) is 3. The van der Waals surface area contributed by atoms with Crippen molar-refractivity contribution in [2.45, 2.75) is 6.54 Å². The van der Waals surface area contributed by atoms with E-state index in [4.69, 9.17) is 22.1 Å². The van der Waals surface area contributed by atoms with Crippen molar-refractivity contribution in [3.8, 4) is 11.6 Å². The first-order valence-electron chi connectivity index (χ1n) is 9.84. The van der Waals surface area contributed by atoms with E-state index in [0.29, 0.717) is 17.4 Å². The van der Waals surface area contributed by atoms with Gasteiger partial charge in [-0.05, 0) is 60.2 Å². The molecule has 5 aromatic rings. The Morgan fingerprint density at radius 2 is 1.74 bits per heavy atom. The summed E-state index contributed by atoms with van der Waals surface area (Å²) in [4.78, 5) is 9.16. The molecule has 0 aliphatic carbocycles. The zero-order valence-electron chi connectivity index (χ0n) is 16.8. The molecule has 7 heteroatoms. The number of hydrogen-bond acceptors (Lipinski definition) is 5. The largest absolute Gasteiger partial charge is 0.439 e. The molecule has 6 nitrogen and oxygen atoms in total. The lowest BCUT2D eigenvalue weighted by Gasteiger charge is -2.09. The summed E-state index contributed by atoms with van der Waals surface area (Å²) >= 11 is 6.03. The maximum atomic E-state index is 6.03. The average molecular weight is 430 g/mol.